The average molecular weight is 793 g/mol. The van der Waals surface area contributed by atoms with Crippen LogP contribution in [0.5, 0.6) is 0 Å². The molecule has 0 aliphatic carbocycles. The van der Waals surface area contributed by atoms with Crippen LogP contribution in [0.2, 0.25) is 0 Å². The first-order valence-electron chi connectivity index (χ1n) is 22.1. The summed E-state index contributed by atoms with van der Waals surface area (Å²) < 4.78 is 86.1. The zero-order valence-corrected chi connectivity index (χ0v) is 30.3. The van der Waals surface area contributed by atoms with Crippen LogP contribution in [-0.4, -0.2) is 187 Å². The molecule has 3 saturated heterocycles. The van der Waals surface area contributed by atoms with Gasteiger partial charge in [-0.25, -0.2) is 0 Å². The Labute approximate surface area is 326 Å². The Hall–Kier alpha value is -0.980. The Morgan fingerprint density at radius 1 is 0.630 bits per heavy atom. The van der Waals surface area contributed by atoms with Gasteiger partial charge in [-0.2, -0.15) is 0 Å². The summed E-state index contributed by atoms with van der Waals surface area (Å²) in [5.41, 5.74) is 6.07. The largest absolute Gasteiger partial charge is 0.394 e. The second kappa shape index (κ2) is 24.7. The minimum absolute atomic E-state index is 0.169. The third-order valence-electron chi connectivity index (χ3n) is 9.81. The Bertz CT molecular complexity index is 1290. The smallest absolute Gasteiger partial charge is 0.187 e. The molecule has 18 nitrogen and oxygen atoms in total. The maximum Gasteiger partial charge on any atom is 0.187 e. The lowest BCUT2D eigenvalue weighted by Crippen LogP contribution is -2.67. The molecule has 54 heavy (non-hydrogen) atoms. The van der Waals surface area contributed by atoms with Crippen LogP contribution >= 0.6 is 0 Å². The lowest BCUT2D eigenvalue weighted by Gasteiger charge is -2.48. The van der Waals surface area contributed by atoms with E-state index in [-0.39, 0.29) is 13.0 Å². The van der Waals surface area contributed by atoms with E-state index in [0.717, 1.165) is 38.5 Å². The third kappa shape index (κ3) is 13.6. The number of hydrogen-bond donors (Lipinski definition) is 12. The summed E-state index contributed by atoms with van der Waals surface area (Å²) in [4.78, 5) is 0. The molecule has 3 aliphatic rings. The van der Waals surface area contributed by atoms with E-state index in [9.17, 15) is 56.2 Å². The highest BCUT2D eigenvalue weighted by atomic mass is 16.8. The lowest BCUT2D eigenvalue weighted by molar-refractivity contribution is -0.380. The van der Waals surface area contributed by atoms with Crippen molar-refractivity contribution in [3.05, 3.63) is 12.2 Å². The van der Waals surface area contributed by atoms with Gasteiger partial charge < -0.3 is 90.3 Å². The number of unbranched alkanes of at least 4 members (excludes halogenated alkanes) is 8. The number of allylic oxidation sites excluding steroid dienone is 1. The highest BCUT2D eigenvalue weighted by Crippen LogP contribution is 2.33. The van der Waals surface area contributed by atoms with Crippen LogP contribution in [0.15, 0.2) is 12.2 Å². The maximum atomic E-state index is 11.1. The van der Waals surface area contributed by atoms with Crippen LogP contribution in [0.3, 0.4) is 0 Å². The summed E-state index contributed by atoms with van der Waals surface area (Å²) in [5, 5.41) is 114. The molecular weight excluding hydrogens is 718 g/mol. The molecule has 17 atom stereocenters. The summed E-state index contributed by atoms with van der Waals surface area (Å²) in [6.45, 7) is -5.87. The standard InChI is InChI=1S/C36H67NO17/c1-2-3-4-5-6-7-8-9-10-11-12-13-14-15-21(41)20(37)19-49-34-30(47)28(45)32(24(18-40)52-34)53-36-31(48)33(26(43)23(17-39)51-36)54-35-29(46)27(44)25(42)22(16-38)50-35/h14-15,20-36,38-48H,2-13,16-19,37H2,1H3/b15-14+/t20-,21+,22+,23+,24+,25-,26-,27-,28+,29+,30+,31+,32+,33-,34+,35+,36-/m0/s1/i1D3,2D2,3D2. The second-order valence-electron chi connectivity index (χ2n) is 13.9. The monoisotopic (exact) mass is 792 g/mol. The van der Waals surface area contributed by atoms with E-state index in [1.54, 1.807) is 6.08 Å². The van der Waals surface area contributed by atoms with Gasteiger partial charge >= 0.3 is 0 Å². The predicted octanol–water partition coefficient (Wildman–Crippen LogP) is -2.60. The van der Waals surface area contributed by atoms with E-state index in [1.165, 1.54) is 6.08 Å². The van der Waals surface area contributed by atoms with Crippen molar-refractivity contribution >= 4 is 0 Å². The Morgan fingerprint density at radius 2 is 1.15 bits per heavy atom. The molecule has 3 aliphatic heterocycles. The van der Waals surface area contributed by atoms with E-state index < -0.39 is 144 Å². The Balaban J connectivity index is 1.41. The number of ether oxygens (including phenoxy) is 6. The minimum Gasteiger partial charge on any atom is -0.394 e. The minimum atomic E-state index is -3.04. The first kappa shape index (κ1) is 37.3. The highest BCUT2D eigenvalue weighted by Gasteiger charge is 2.53. The van der Waals surface area contributed by atoms with Gasteiger partial charge in [0, 0.05) is 9.60 Å². The summed E-state index contributed by atoms with van der Waals surface area (Å²) in [5.74, 6) is 0. The van der Waals surface area contributed by atoms with E-state index in [4.69, 9.17) is 43.8 Å². The lowest BCUT2D eigenvalue weighted by atomic mass is 9.96. The van der Waals surface area contributed by atoms with Gasteiger partial charge in [0.05, 0.1) is 38.6 Å². The van der Waals surface area contributed by atoms with Crippen LogP contribution in [0.4, 0.5) is 0 Å². The average Bonchev–Trinajstić information content (AvgIpc) is 3.21. The van der Waals surface area contributed by atoms with Crippen molar-refractivity contribution in [3.8, 4) is 0 Å². The van der Waals surface area contributed by atoms with E-state index >= 15 is 0 Å². The van der Waals surface area contributed by atoms with Gasteiger partial charge in [-0.15, -0.1) is 0 Å². The van der Waals surface area contributed by atoms with Gasteiger partial charge in [0.1, 0.15) is 73.2 Å². The molecule has 0 saturated carbocycles. The first-order chi connectivity index (χ1) is 28.5. The molecule has 3 heterocycles. The molecule has 0 aromatic heterocycles. The molecule has 13 N–H and O–H groups in total. The van der Waals surface area contributed by atoms with E-state index in [1.807, 2.05) is 0 Å². The summed E-state index contributed by atoms with van der Waals surface area (Å²) in [7, 11) is 0. The van der Waals surface area contributed by atoms with Gasteiger partial charge in [0.25, 0.3) is 0 Å². The zero-order chi connectivity index (χ0) is 45.9. The van der Waals surface area contributed by atoms with Crippen LogP contribution < -0.4 is 5.73 Å². The molecular formula is C36H67NO17. The van der Waals surface area contributed by atoms with Gasteiger partial charge in [-0.05, 0) is 12.8 Å². The summed E-state index contributed by atoms with van der Waals surface area (Å²) >= 11 is 0. The second-order valence-corrected chi connectivity index (χ2v) is 13.9. The molecule has 0 spiro atoms. The van der Waals surface area contributed by atoms with Gasteiger partial charge in [-0.1, -0.05) is 83.1 Å². The topological polar surface area (TPSA) is 304 Å². The molecule has 3 fully saturated rings. The normalized spacial score (nSPS) is 41.6. The van der Waals surface area contributed by atoms with Crippen LogP contribution in [0.1, 0.15) is 93.4 Å². The van der Waals surface area contributed by atoms with Gasteiger partial charge in [0.2, 0.25) is 0 Å². The van der Waals surface area contributed by atoms with Gasteiger partial charge in [-0.3, -0.25) is 0 Å². The van der Waals surface area contributed by atoms with Crippen molar-refractivity contribution in [2.75, 3.05) is 26.4 Å². The van der Waals surface area contributed by atoms with Crippen LogP contribution in [0, 0.1) is 0 Å². The number of aliphatic hydroxyl groups excluding tert-OH is 11. The fraction of sp³-hybridized carbons (Fsp3) is 0.944. The van der Waals surface area contributed by atoms with Crippen molar-refractivity contribution in [2.24, 2.45) is 5.73 Å². The summed E-state index contributed by atoms with van der Waals surface area (Å²) in [6.07, 6.45) is -22.2. The molecule has 0 unspecified atom stereocenters. The SMILES string of the molecule is [2H]C([2H])([2H])C([2H])([2H])C([2H])([2H])CCCCCCCCCC/C=C/[C@@H](O)[C@@H](N)CO[C@@H]1O[C@H](CO)[C@@H](O[C@@H]2O[C@H](CO)[C@H](O)[C@H](O[C@H]3O[C@H](CO)[C@H](O)[C@H](O)[C@H]3O)[C@H]2O)[C@H](O)[C@H]1O. The van der Waals surface area contributed by atoms with Crippen molar-refractivity contribution in [1.82, 2.24) is 0 Å². The van der Waals surface area contributed by atoms with Crippen molar-refractivity contribution in [3.63, 3.8) is 0 Å². The number of rotatable bonds is 24. The van der Waals surface area contributed by atoms with Crippen molar-refractivity contribution in [1.29, 1.82) is 0 Å². The van der Waals surface area contributed by atoms with Gasteiger partial charge in [0.15, 0.2) is 18.9 Å². The zero-order valence-electron chi connectivity index (χ0n) is 37.3. The highest BCUT2D eigenvalue weighted by molar-refractivity contribution is 4.97. The van der Waals surface area contributed by atoms with E-state index in [2.05, 4.69) is 0 Å². The molecule has 0 aromatic rings. The molecule has 318 valence electrons. The van der Waals surface area contributed by atoms with Crippen LogP contribution in [-0.2, 0) is 28.4 Å². The number of aliphatic hydroxyl groups is 11. The Kier molecular flexibility index (Phi) is 17.1. The number of hydrogen-bond acceptors (Lipinski definition) is 18. The van der Waals surface area contributed by atoms with Crippen LogP contribution in [0.25, 0.3) is 0 Å². The molecule has 0 radical (unpaired) electrons. The first-order valence-corrected chi connectivity index (χ1v) is 18.6. The van der Waals surface area contributed by atoms with Crippen molar-refractivity contribution in [2.45, 2.75) is 188 Å². The summed E-state index contributed by atoms with van der Waals surface area (Å²) in [6, 6.07) is -0.999. The fourth-order valence-electron chi connectivity index (χ4n) is 6.46. The van der Waals surface area contributed by atoms with E-state index in [0.29, 0.717) is 19.3 Å². The predicted molar refractivity (Wildman–Crippen MR) is 189 cm³/mol. The maximum absolute atomic E-state index is 11.1. The molecule has 0 bridgehead atoms. The number of nitrogens with two attached hydrogens (primary N) is 1. The third-order valence-corrected chi connectivity index (χ3v) is 9.81. The fourth-order valence-corrected chi connectivity index (χ4v) is 6.46. The quantitative estimate of drug-likeness (QED) is 0.0352. The molecule has 18 heteroatoms. The molecule has 3 rings (SSSR count). The molecule has 0 amide bonds. The van der Waals surface area contributed by atoms with Crippen molar-refractivity contribution < 1.29 is 94.2 Å². The Morgan fingerprint density at radius 3 is 1.76 bits per heavy atom. The molecule has 0 aromatic carbocycles.